The Hall–Kier alpha value is -5.56. The van der Waals surface area contributed by atoms with Gasteiger partial charge in [0, 0.05) is 36.4 Å². The third-order valence-corrected chi connectivity index (χ3v) is 8.39. The minimum atomic E-state index is -4.98. The molecule has 4 aromatic carbocycles. The predicted molar refractivity (Wildman–Crippen MR) is 179 cm³/mol. The van der Waals surface area contributed by atoms with Crippen molar-refractivity contribution in [3.63, 3.8) is 0 Å². The smallest absolute Gasteiger partial charge is 0.368 e. The van der Waals surface area contributed by atoms with E-state index >= 15 is 0 Å². The molecule has 1 aliphatic heterocycles. The van der Waals surface area contributed by atoms with Gasteiger partial charge in [-0.05, 0) is 73.6 Å². The summed E-state index contributed by atoms with van der Waals surface area (Å²) in [5.41, 5.74) is 6.06. The Labute approximate surface area is 286 Å². The highest BCUT2D eigenvalue weighted by Crippen LogP contribution is 2.36. The Kier molecular flexibility index (Phi) is 10.7. The van der Waals surface area contributed by atoms with Crippen molar-refractivity contribution >= 4 is 29.3 Å². The van der Waals surface area contributed by atoms with Gasteiger partial charge in [0.25, 0.3) is 17.7 Å². The summed E-state index contributed by atoms with van der Waals surface area (Å²) in [5, 5.41) is 2.42. The molecule has 0 fully saturated rings. The van der Waals surface area contributed by atoms with E-state index in [-0.39, 0.29) is 42.2 Å². The number of likely N-dealkylation sites (N-methyl/N-ethyl adjacent to an activating group) is 1. The number of fused-ring (bicyclic) bond motifs is 1. The second kappa shape index (κ2) is 14.9. The van der Waals surface area contributed by atoms with Crippen LogP contribution in [0.4, 0.5) is 23.2 Å². The number of carbonyl (C=O) groups is 4. The van der Waals surface area contributed by atoms with Crippen LogP contribution in [0.3, 0.4) is 0 Å². The van der Waals surface area contributed by atoms with Crippen LogP contribution in [0.1, 0.15) is 59.4 Å². The molecule has 1 aliphatic rings. The molecule has 0 spiro atoms. The van der Waals surface area contributed by atoms with Gasteiger partial charge in [0.05, 0.1) is 23.7 Å². The third-order valence-electron chi connectivity index (χ3n) is 8.39. The summed E-state index contributed by atoms with van der Waals surface area (Å²) < 4.78 is 54.4. The van der Waals surface area contributed by atoms with Gasteiger partial charge in [-0.1, -0.05) is 54.6 Å². The number of anilines is 1. The van der Waals surface area contributed by atoms with Crippen molar-refractivity contribution in [3.8, 4) is 0 Å². The van der Waals surface area contributed by atoms with Crippen LogP contribution in [0, 0.1) is 5.82 Å². The summed E-state index contributed by atoms with van der Waals surface area (Å²) in [6.07, 6.45) is -4.56. The molecule has 0 aromatic heterocycles. The van der Waals surface area contributed by atoms with Gasteiger partial charge in [0.1, 0.15) is 5.82 Å². The minimum Gasteiger partial charge on any atom is -0.368 e. The monoisotopic (exact) mass is 689 g/mol. The standard InChI is InChI=1S/C37H35F4N5O4/c1-44(2)17-18-45(22-32(42)47)35(49)25-13-11-23(12-14-25)21-46-31(24-7-4-3-5-8-24)19-26-15-16-27(20-29(26)36(46)50)43-34(48)28-9-6-10-30(33(28)38)37(39,40)41/h3-16,20,31H,17-19,21-22H2,1-2H3,(H2,42,47)(H,43,48). The van der Waals surface area contributed by atoms with E-state index < -0.39 is 34.9 Å². The maximum atomic E-state index is 14.7. The van der Waals surface area contributed by atoms with Gasteiger partial charge in [-0.2, -0.15) is 13.2 Å². The first-order chi connectivity index (χ1) is 23.7. The number of nitrogens with zero attached hydrogens (tertiary/aromatic N) is 3. The third kappa shape index (κ3) is 8.17. The van der Waals surface area contributed by atoms with E-state index in [1.54, 1.807) is 35.2 Å². The van der Waals surface area contributed by atoms with Crippen LogP contribution < -0.4 is 11.1 Å². The highest BCUT2D eigenvalue weighted by Gasteiger charge is 2.36. The van der Waals surface area contributed by atoms with E-state index in [1.165, 1.54) is 17.0 Å². The van der Waals surface area contributed by atoms with Crippen molar-refractivity contribution in [2.24, 2.45) is 5.73 Å². The van der Waals surface area contributed by atoms with E-state index in [0.717, 1.165) is 23.3 Å². The Bertz CT molecular complexity index is 1900. The lowest BCUT2D eigenvalue weighted by molar-refractivity contribution is -0.140. The van der Waals surface area contributed by atoms with Gasteiger partial charge >= 0.3 is 6.18 Å². The zero-order valence-corrected chi connectivity index (χ0v) is 27.3. The molecule has 1 atom stereocenters. The summed E-state index contributed by atoms with van der Waals surface area (Å²) in [6.45, 7) is 0.758. The molecule has 5 rings (SSSR count). The van der Waals surface area contributed by atoms with Crippen LogP contribution in [-0.2, 0) is 23.9 Å². The van der Waals surface area contributed by atoms with Crippen LogP contribution in [0.5, 0.6) is 0 Å². The van der Waals surface area contributed by atoms with Crippen molar-refractivity contribution in [2.45, 2.75) is 25.2 Å². The topological polar surface area (TPSA) is 116 Å². The van der Waals surface area contributed by atoms with Crippen molar-refractivity contribution in [1.29, 1.82) is 0 Å². The summed E-state index contributed by atoms with van der Waals surface area (Å²) >= 11 is 0. The highest BCUT2D eigenvalue weighted by molar-refractivity contribution is 6.06. The summed E-state index contributed by atoms with van der Waals surface area (Å²) in [5.74, 6) is -4.14. The Morgan fingerprint density at radius 1 is 0.920 bits per heavy atom. The number of hydrogen-bond acceptors (Lipinski definition) is 5. The molecule has 4 amide bonds. The van der Waals surface area contributed by atoms with E-state index in [1.807, 2.05) is 49.3 Å². The fourth-order valence-electron chi connectivity index (χ4n) is 5.82. The minimum absolute atomic E-state index is 0.106. The lowest BCUT2D eigenvalue weighted by Gasteiger charge is -2.37. The van der Waals surface area contributed by atoms with Crippen LogP contribution in [0.25, 0.3) is 0 Å². The zero-order chi connectivity index (χ0) is 36.2. The quantitative estimate of drug-likeness (QED) is 0.201. The normalized spacial score (nSPS) is 14.3. The van der Waals surface area contributed by atoms with Gasteiger partial charge in [-0.25, -0.2) is 4.39 Å². The Morgan fingerprint density at radius 3 is 2.26 bits per heavy atom. The molecule has 1 unspecified atom stereocenters. The van der Waals surface area contributed by atoms with Gasteiger partial charge < -0.3 is 25.8 Å². The number of hydrogen-bond donors (Lipinski definition) is 2. The summed E-state index contributed by atoms with van der Waals surface area (Å²) in [7, 11) is 3.70. The van der Waals surface area contributed by atoms with E-state index in [2.05, 4.69) is 5.32 Å². The molecule has 1 heterocycles. The van der Waals surface area contributed by atoms with Crippen LogP contribution in [-0.4, -0.2) is 72.1 Å². The number of alkyl halides is 3. The SMILES string of the molecule is CN(C)CCN(CC(N)=O)C(=O)c1ccc(CN2C(=O)c3cc(NC(=O)c4cccc(C(F)(F)F)c4F)ccc3CC2c2ccccc2)cc1. The first-order valence-electron chi connectivity index (χ1n) is 15.7. The number of carbonyl (C=O) groups excluding carboxylic acids is 4. The van der Waals surface area contributed by atoms with E-state index in [9.17, 15) is 36.7 Å². The molecule has 0 bridgehead atoms. The lowest BCUT2D eigenvalue weighted by Crippen LogP contribution is -2.42. The second-order valence-corrected chi connectivity index (χ2v) is 12.2. The molecular formula is C37H35F4N5O4. The lowest BCUT2D eigenvalue weighted by atomic mass is 9.88. The number of primary amides is 1. The number of benzene rings is 4. The zero-order valence-electron chi connectivity index (χ0n) is 27.3. The second-order valence-electron chi connectivity index (χ2n) is 12.2. The average molecular weight is 690 g/mol. The molecule has 13 heteroatoms. The predicted octanol–water partition coefficient (Wildman–Crippen LogP) is 5.53. The van der Waals surface area contributed by atoms with Crippen molar-refractivity contribution in [1.82, 2.24) is 14.7 Å². The number of nitrogens with one attached hydrogen (secondary N) is 1. The van der Waals surface area contributed by atoms with Gasteiger partial charge in [0.2, 0.25) is 5.91 Å². The van der Waals surface area contributed by atoms with Gasteiger partial charge in [0.15, 0.2) is 0 Å². The van der Waals surface area contributed by atoms with Crippen molar-refractivity contribution < 1.29 is 36.7 Å². The highest BCUT2D eigenvalue weighted by atomic mass is 19.4. The van der Waals surface area contributed by atoms with Gasteiger partial charge in [-0.3, -0.25) is 19.2 Å². The molecule has 0 saturated carbocycles. The molecule has 0 saturated heterocycles. The molecular weight excluding hydrogens is 654 g/mol. The fourth-order valence-corrected chi connectivity index (χ4v) is 5.82. The molecule has 4 aromatic rings. The maximum Gasteiger partial charge on any atom is 0.419 e. The first kappa shape index (κ1) is 35.7. The van der Waals surface area contributed by atoms with Crippen LogP contribution in [0.2, 0.25) is 0 Å². The van der Waals surface area contributed by atoms with Crippen molar-refractivity contribution in [3.05, 3.63) is 136 Å². The number of halogens is 4. The summed E-state index contributed by atoms with van der Waals surface area (Å²) in [6, 6.07) is 22.8. The first-order valence-corrected chi connectivity index (χ1v) is 15.7. The molecule has 50 heavy (non-hydrogen) atoms. The molecule has 9 nitrogen and oxygen atoms in total. The summed E-state index contributed by atoms with van der Waals surface area (Å²) in [4.78, 5) is 56.8. The number of amides is 4. The van der Waals surface area contributed by atoms with E-state index in [4.69, 9.17) is 5.73 Å². The van der Waals surface area contributed by atoms with Crippen molar-refractivity contribution in [2.75, 3.05) is 39.0 Å². The molecule has 0 radical (unpaired) electrons. The van der Waals surface area contributed by atoms with Crippen LogP contribution >= 0.6 is 0 Å². The maximum absolute atomic E-state index is 14.7. The number of nitrogens with two attached hydrogens (primary N) is 1. The number of rotatable bonds is 11. The van der Waals surface area contributed by atoms with Gasteiger partial charge in [-0.15, -0.1) is 0 Å². The Balaban J connectivity index is 1.40. The molecule has 260 valence electrons. The fraction of sp³-hybridized carbons (Fsp3) is 0.243. The largest absolute Gasteiger partial charge is 0.419 e. The molecule has 3 N–H and O–H groups in total. The average Bonchev–Trinajstić information content (AvgIpc) is 3.07. The van der Waals surface area contributed by atoms with E-state index in [0.29, 0.717) is 36.7 Å². The Morgan fingerprint density at radius 2 is 1.62 bits per heavy atom. The molecule has 0 aliphatic carbocycles. The van der Waals surface area contributed by atoms with Crippen LogP contribution in [0.15, 0.2) is 91.0 Å².